The van der Waals surface area contributed by atoms with E-state index in [1.807, 2.05) is 0 Å². The minimum atomic E-state index is 0.730. The van der Waals surface area contributed by atoms with Crippen molar-refractivity contribution in [3.05, 3.63) is 0 Å². The summed E-state index contributed by atoms with van der Waals surface area (Å²) >= 11 is 0. The Balaban J connectivity index is 1.76. The van der Waals surface area contributed by atoms with Gasteiger partial charge in [0, 0.05) is 0 Å². The highest BCUT2D eigenvalue weighted by molar-refractivity contribution is 5.12. The van der Waals surface area contributed by atoms with Crippen LogP contribution in [0.15, 0.2) is 0 Å². The fourth-order valence-electron chi connectivity index (χ4n) is 4.27. The quantitative estimate of drug-likeness (QED) is 0.480. The Hall–Kier alpha value is -0.0400. The van der Waals surface area contributed by atoms with E-state index in [-0.39, 0.29) is 0 Å². The number of fused-ring (bicyclic) bond motifs is 7. The van der Waals surface area contributed by atoms with E-state index in [9.17, 15) is 0 Å². The molecule has 3 saturated carbocycles. The first-order valence-electron chi connectivity index (χ1n) is 5.09. The van der Waals surface area contributed by atoms with E-state index in [1.165, 1.54) is 12.8 Å². The lowest BCUT2D eigenvalue weighted by Crippen LogP contribution is -2.22. The molecule has 1 aliphatic heterocycles. The molecule has 4 fully saturated rings. The first-order valence-corrected chi connectivity index (χ1v) is 5.09. The number of epoxide rings is 1. The average Bonchev–Trinajstić information content (AvgIpc) is 2.53. The van der Waals surface area contributed by atoms with E-state index in [0.29, 0.717) is 0 Å². The van der Waals surface area contributed by atoms with Crippen molar-refractivity contribution in [1.29, 1.82) is 0 Å². The van der Waals surface area contributed by atoms with Gasteiger partial charge in [-0.25, -0.2) is 0 Å². The molecule has 0 aromatic heterocycles. The van der Waals surface area contributed by atoms with Gasteiger partial charge in [-0.2, -0.15) is 0 Å². The molecule has 4 rings (SSSR count). The lowest BCUT2D eigenvalue weighted by molar-refractivity contribution is 0.147. The molecular weight excluding hydrogens is 136 g/mol. The molecule has 2 bridgehead atoms. The first kappa shape index (κ1) is 5.58. The van der Waals surface area contributed by atoms with Crippen LogP contribution in [0.2, 0.25) is 0 Å². The molecule has 1 heterocycles. The van der Waals surface area contributed by atoms with Gasteiger partial charge in [0.05, 0.1) is 12.2 Å². The Kier molecular flexibility index (Phi) is 0.769. The molecule has 0 aromatic carbocycles. The van der Waals surface area contributed by atoms with Crippen molar-refractivity contribution in [2.24, 2.45) is 23.7 Å². The molecule has 0 aromatic rings. The Bertz CT molecular complexity index is 213. The zero-order valence-corrected chi connectivity index (χ0v) is 6.70. The highest BCUT2D eigenvalue weighted by atomic mass is 16.6. The first-order chi connectivity index (χ1) is 5.43. The fraction of sp³-hybridized carbons (Fsp3) is 1.00. The van der Waals surface area contributed by atoms with Crippen LogP contribution in [-0.2, 0) is 4.74 Å². The molecule has 60 valence electrons. The van der Waals surface area contributed by atoms with Crippen LogP contribution in [0.3, 0.4) is 0 Å². The summed E-state index contributed by atoms with van der Waals surface area (Å²) in [5, 5.41) is 0. The summed E-state index contributed by atoms with van der Waals surface area (Å²) < 4.78 is 5.62. The minimum absolute atomic E-state index is 0.730. The van der Waals surface area contributed by atoms with Gasteiger partial charge >= 0.3 is 0 Å². The number of ether oxygens (including phenoxy) is 1. The smallest absolute Gasteiger partial charge is 0.0875 e. The second-order valence-electron chi connectivity index (χ2n) is 4.95. The SMILES string of the molecule is C1C[C@H]2C[C@H]1[C@@H]1C[C@@H]3O[C@@H]3[C@H]21. The largest absolute Gasteiger partial charge is 0.369 e. The molecular formula is C10H14O. The average molecular weight is 150 g/mol. The summed E-state index contributed by atoms with van der Waals surface area (Å²) in [4.78, 5) is 0. The van der Waals surface area contributed by atoms with Gasteiger partial charge in [0.2, 0.25) is 0 Å². The summed E-state index contributed by atoms with van der Waals surface area (Å²) in [5.41, 5.74) is 0. The van der Waals surface area contributed by atoms with Crippen molar-refractivity contribution in [3.8, 4) is 0 Å². The van der Waals surface area contributed by atoms with Gasteiger partial charge in [-0.15, -0.1) is 0 Å². The molecule has 1 saturated heterocycles. The van der Waals surface area contributed by atoms with Crippen molar-refractivity contribution >= 4 is 0 Å². The Morgan fingerprint density at radius 3 is 2.82 bits per heavy atom. The standard InChI is InChI=1S/C10H14O/c1-2-6-3-5(1)7-4-8-10(11-8)9(6)7/h5-10H,1-4H2/t5-,6-,7-,8-,9+,10-/m0/s1. The van der Waals surface area contributed by atoms with Crippen molar-refractivity contribution < 1.29 is 4.74 Å². The molecule has 1 heteroatoms. The van der Waals surface area contributed by atoms with Crippen LogP contribution in [0.1, 0.15) is 25.7 Å². The minimum Gasteiger partial charge on any atom is -0.369 e. The molecule has 0 unspecified atom stereocenters. The van der Waals surface area contributed by atoms with Gasteiger partial charge in [-0.1, -0.05) is 0 Å². The van der Waals surface area contributed by atoms with E-state index in [4.69, 9.17) is 4.74 Å². The van der Waals surface area contributed by atoms with Crippen molar-refractivity contribution in [2.75, 3.05) is 0 Å². The van der Waals surface area contributed by atoms with E-state index in [2.05, 4.69) is 0 Å². The molecule has 0 amide bonds. The van der Waals surface area contributed by atoms with Crippen LogP contribution in [0.4, 0.5) is 0 Å². The zero-order valence-electron chi connectivity index (χ0n) is 6.70. The predicted molar refractivity (Wildman–Crippen MR) is 41.1 cm³/mol. The maximum Gasteiger partial charge on any atom is 0.0875 e. The van der Waals surface area contributed by atoms with Crippen molar-refractivity contribution in [1.82, 2.24) is 0 Å². The lowest BCUT2D eigenvalue weighted by Gasteiger charge is -2.25. The maximum atomic E-state index is 5.62. The lowest BCUT2D eigenvalue weighted by atomic mass is 9.81. The van der Waals surface area contributed by atoms with Gasteiger partial charge in [0.25, 0.3) is 0 Å². The monoisotopic (exact) mass is 150 g/mol. The molecule has 0 N–H and O–H groups in total. The summed E-state index contributed by atoms with van der Waals surface area (Å²) in [6.07, 6.45) is 7.53. The Morgan fingerprint density at radius 1 is 1.00 bits per heavy atom. The van der Waals surface area contributed by atoms with E-state index < -0.39 is 0 Å². The van der Waals surface area contributed by atoms with Crippen LogP contribution in [0.25, 0.3) is 0 Å². The van der Waals surface area contributed by atoms with Gasteiger partial charge in [0.15, 0.2) is 0 Å². The van der Waals surface area contributed by atoms with Crippen molar-refractivity contribution in [3.63, 3.8) is 0 Å². The fourth-order valence-corrected chi connectivity index (χ4v) is 4.27. The Morgan fingerprint density at radius 2 is 1.91 bits per heavy atom. The second-order valence-corrected chi connectivity index (χ2v) is 4.95. The highest BCUT2D eigenvalue weighted by Gasteiger charge is 2.64. The van der Waals surface area contributed by atoms with Crippen LogP contribution in [0.5, 0.6) is 0 Å². The molecule has 0 spiro atoms. The normalized spacial score (nSPS) is 69.8. The molecule has 11 heavy (non-hydrogen) atoms. The maximum absolute atomic E-state index is 5.62. The van der Waals surface area contributed by atoms with Gasteiger partial charge in [-0.05, 0) is 49.4 Å². The van der Waals surface area contributed by atoms with Crippen LogP contribution in [0, 0.1) is 23.7 Å². The van der Waals surface area contributed by atoms with E-state index in [0.717, 1.165) is 35.9 Å². The summed E-state index contributed by atoms with van der Waals surface area (Å²) in [5.74, 6) is 4.35. The molecule has 3 aliphatic carbocycles. The number of rotatable bonds is 0. The molecule has 1 nitrogen and oxygen atoms in total. The molecule has 6 atom stereocenters. The predicted octanol–water partition coefficient (Wildman–Crippen LogP) is 1.82. The van der Waals surface area contributed by atoms with Gasteiger partial charge in [-0.3, -0.25) is 0 Å². The summed E-state index contributed by atoms with van der Waals surface area (Å²) in [6, 6.07) is 0. The van der Waals surface area contributed by atoms with E-state index in [1.54, 1.807) is 12.8 Å². The second kappa shape index (κ2) is 1.52. The topological polar surface area (TPSA) is 12.5 Å². The Labute approximate surface area is 67.1 Å². The summed E-state index contributed by atoms with van der Waals surface area (Å²) in [6.45, 7) is 0. The third-order valence-corrected chi connectivity index (χ3v) is 4.66. The third kappa shape index (κ3) is 0.516. The van der Waals surface area contributed by atoms with Gasteiger partial charge < -0.3 is 4.74 Å². The number of hydrogen-bond donors (Lipinski definition) is 0. The van der Waals surface area contributed by atoms with Crippen LogP contribution in [-0.4, -0.2) is 12.2 Å². The van der Waals surface area contributed by atoms with Crippen LogP contribution >= 0.6 is 0 Å². The zero-order chi connectivity index (χ0) is 7.00. The summed E-state index contributed by atoms with van der Waals surface area (Å²) in [7, 11) is 0. The van der Waals surface area contributed by atoms with Crippen LogP contribution < -0.4 is 0 Å². The molecule has 0 radical (unpaired) electrons. The highest BCUT2D eigenvalue weighted by Crippen LogP contribution is 2.64. The number of hydrogen-bond acceptors (Lipinski definition) is 1. The molecule has 4 aliphatic rings. The van der Waals surface area contributed by atoms with E-state index >= 15 is 0 Å². The third-order valence-electron chi connectivity index (χ3n) is 4.66. The van der Waals surface area contributed by atoms with Gasteiger partial charge in [0.1, 0.15) is 0 Å². The van der Waals surface area contributed by atoms with Crippen molar-refractivity contribution in [2.45, 2.75) is 37.9 Å².